The smallest absolute Gasteiger partial charge is 0.222 e. The number of aromatic nitrogens is 2. The van der Waals surface area contributed by atoms with E-state index in [0.29, 0.717) is 5.02 Å². The predicted molar refractivity (Wildman–Crippen MR) is 32.1 cm³/mol. The molecule has 0 saturated heterocycles. The molecule has 0 aromatic carbocycles. The Morgan fingerprint density at radius 2 is 1.88 bits per heavy atom. The molecule has 2 nitrogen and oxygen atoms in total. The molecule has 1 aromatic heterocycles. The van der Waals surface area contributed by atoms with E-state index in [1.54, 1.807) is 0 Å². The molecule has 4 heteroatoms. The third-order valence-corrected chi connectivity index (χ3v) is 0.979. The highest BCUT2D eigenvalue weighted by Gasteiger charge is 1.86. The van der Waals surface area contributed by atoms with Crippen LogP contribution in [-0.2, 0) is 0 Å². The maximum atomic E-state index is 5.43. The van der Waals surface area contributed by atoms with Gasteiger partial charge in [-0.25, -0.2) is 9.97 Å². The third kappa shape index (κ3) is 1.32. The highest BCUT2D eigenvalue weighted by molar-refractivity contribution is 6.31. The van der Waals surface area contributed by atoms with Gasteiger partial charge in [-0.15, -0.1) is 0 Å². The normalized spacial score (nSPS) is 9.25. The lowest BCUT2D eigenvalue weighted by atomic mass is 10.7. The molecule has 1 aromatic rings. The van der Waals surface area contributed by atoms with Gasteiger partial charge >= 0.3 is 0 Å². The van der Waals surface area contributed by atoms with E-state index in [4.69, 9.17) is 23.2 Å². The van der Waals surface area contributed by atoms with Gasteiger partial charge in [-0.2, -0.15) is 0 Å². The number of rotatable bonds is 0. The van der Waals surface area contributed by atoms with Gasteiger partial charge < -0.3 is 0 Å². The summed E-state index contributed by atoms with van der Waals surface area (Å²) in [6, 6.07) is 0. The summed E-state index contributed by atoms with van der Waals surface area (Å²) in [6.45, 7) is 0. The molecule has 0 aliphatic carbocycles. The summed E-state index contributed by atoms with van der Waals surface area (Å²) < 4.78 is 0. The van der Waals surface area contributed by atoms with Crippen LogP contribution in [0.4, 0.5) is 0 Å². The molecular formula is C4H2Cl2N2. The molecule has 0 aliphatic heterocycles. The average Bonchev–Trinajstić information content (AvgIpc) is 1.77. The van der Waals surface area contributed by atoms with Gasteiger partial charge in [0.2, 0.25) is 5.28 Å². The molecular weight excluding hydrogens is 149 g/mol. The maximum absolute atomic E-state index is 5.43. The van der Waals surface area contributed by atoms with Crippen LogP contribution < -0.4 is 0 Å². The second kappa shape index (κ2) is 2.29. The molecule has 0 amide bonds. The van der Waals surface area contributed by atoms with E-state index >= 15 is 0 Å². The zero-order valence-electron chi connectivity index (χ0n) is 3.81. The standard InChI is InChI=1S/C4H2Cl2N2/c5-3-1-7-4(6)8-2-3/h1-2H/i4+2. The monoisotopic (exact) mass is 150 g/mol. The second-order valence-electron chi connectivity index (χ2n) is 1.17. The summed E-state index contributed by atoms with van der Waals surface area (Å²) in [6.07, 6.45) is 2.88. The zero-order valence-corrected chi connectivity index (χ0v) is 5.32. The molecule has 0 fully saturated rings. The Labute approximate surface area is 56.5 Å². The van der Waals surface area contributed by atoms with Crippen LogP contribution >= 0.6 is 23.2 Å². The van der Waals surface area contributed by atoms with Gasteiger partial charge in [0.1, 0.15) is 0 Å². The van der Waals surface area contributed by atoms with Crippen LogP contribution in [0.5, 0.6) is 0 Å². The van der Waals surface area contributed by atoms with E-state index in [-0.39, 0.29) is 5.28 Å². The fourth-order valence-corrected chi connectivity index (χ4v) is 0.492. The maximum Gasteiger partial charge on any atom is 0.222 e. The Kier molecular flexibility index (Phi) is 1.65. The SMILES string of the molecule is Clc1cn[14c](Cl)nc1. The first-order valence-corrected chi connectivity index (χ1v) is 2.67. The highest BCUT2D eigenvalue weighted by atomic mass is 35.5. The lowest BCUT2D eigenvalue weighted by molar-refractivity contribution is 1.17. The molecule has 0 N–H and O–H groups in total. The highest BCUT2D eigenvalue weighted by Crippen LogP contribution is 2.04. The molecule has 8 heavy (non-hydrogen) atoms. The van der Waals surface area contributed by atoms with Gasteiger partial charge in [0.05, 0.1) is 17.4 Å². The number of hydrogen-bond donors (Lipinski definition) is 0. The topological polar surface area (TPSA) is 25.8 Å². The third-order valence-electron chi connectivity index (χ3n) is 0.589. The van der Waals surface area contributed by atoms with Crippen molar-refractivity contribution in [3.63, 3.8) is 0 Å². The first-order chi connectivity index (χ1) is 3.79. The lowest BCUT2D eigenvalue weighted by Crippen LogP contribution is -1.76. The summed E-state index contributed by atoms with van der Waals surface area (Å²) >= 11 is 10.8. The quantitative estimate of drug-likeness (QED) is 0.528. The number of hydrogen-bond acceptors (Lipinski definition) is 2. The van der Waals surface area contributed by atoms with Crippen LogP contribution in [-0.4, -0.2) is 9.97 Å². The molecule has 0 radical (unpaired) electrons. The van der Waals surface area contributed by atoms with Crippen molar-refractivity contribution in [2.24, 2.45) is 0 Å². The van der Waals surface area contributed by atoms with Gasteiger partial charge in [0.25, 0.3) is 0 Å². The molecule has 1 heterocycles. The first kappa shape index (κ1) is 5.79. The van der Waals surface area contributed by atoms with Crippen molar-refractivity contribution in [3.05, 3.63) is 22.7 Å². The van der Waals surface area contributed by atoms with E-state index < -0.39 is 0 Å². The van der Waals surface area contributed by atoms with Crippen LogP contribution in [0.3, 0.4) is 0 Å². The summed E-state index contributed by atoms with van der Waals surface area (Å²) in [4.78, 5) is 7.20. The van der Waals surface area contributed by atoms with Crippen LogP contribution in [0.2, 0.25) is 10.3 Å². The Morgan fingerprint density at radius 3 is 2.25 bits per heavy atom. The van der Waals surface area contributed by atoms with Gasteiger partial charge in [-0.05, 0) is 11.6 Å². The van der Waals surface area contributed by atoms with Crippen molar-refractivity contribution in [1.29, 1.82) is 0 Å². The predicted octanol–water partition coefficient (Wildman–Crippen LogP) is 1.78. The van der Waals surface area contributed by atoms with E-state index in [1.807, 2.05) is 0 Å². The van der Waals surface area contributed by atoms with Crippen LogP contribution in [0, 0.1) is 0 Å². The lowest BCUT2D eigenvalue weighted by Gasteiger charge is -1.84. The summed E-state index contributed by atoms with van der Waals surface area (Å²) in [7, 11) is 0. The van der Waals surface area contributed by atoms with E-state index in [2.05, 4.69) is 9.97 Å². The fraction of sp³-hybridized carbons (Fsp3) is 0. The molecule has 0 spiro atoms. The Morgan fingerprint density at radius 1 is 1.38 bits per heavy atom. The minimum absolute atomic E-state index is 0.217. The van der Waals surface area contributed by atoms with Gasteiger partial charge in [-0.1, -0.05) is 11.6 Å². The number of nitrogens with zero attached hydrogens (tertiary/aromatic N) is 2. The van der Waals surface area contributed by atoms with Gasteiger partial charge in [0, 0.05) is 0 Å². The molecule has 0 bridgehead atoms. The van der Waals surface area contributed by atoms with E-state index in [1.165, 1.54) is 12.4 Å². The average molecular weight is 151 g/mol. The van der Waals surface area contributed by atoms with Crippen molar-refractivity contribution in [2.45, 2.75) is 0 Å². The molecule has 0 atom stereocenters. The van der Waals surface area contributed by atoms with Crippen LogP contribution in [0.15, 0.2) is 12.4 Å². The molecule has 0 unspecified atom stereocenters. The van der Waals surface area contributed by atoms with Crippen molar-refractivity contribution in [1.82, 2.24) is 9.97 Å². The first-order valence-electron chi connectivity index (χ1n) is 1.92. The second-order valence-corrected chi connectivity index (χ2v) is 1.94. The molecule has 42 valence electrons. The summed E-state index contributed by atoms with van der Waals surface area (Å²) in [5, 5.41) is 0.712. The molecule has 1 rings (SSSR count). The van der Waals surface area contributed by atoms with Crippen LogP contribution in [0.25, 0.3) is 0 Å². The Hall–Kier alpha value is -0.340. The van der Waals surface area contributed by atoms with Gasteiger partial charge in [-0.3, -0.25) is 0 Å². The van der Waals surface area contributed by atoms with Crippen molar-refractivity contribution in [2.75, 3.05) is 0 Å². The van der Waals surface area contributed by atoms with E-state index in [0.717, 1.165) is 0 Å². The Balaban J connectivity index is 3.03. The fourth-order valence-electron chi connectivity index (χ4n) is 0.297. The summed E-state index contributed by atoms with van der Waals surface area (Å²) in [5.74, 6) is 0. The van der Waals surface area contributed by atoms with Crippen molar-refractivity contribution < 1.29 is 0 Å². The van der Waals surface area contributed by atoms with Crippen molar-refractivity contribution >= 4 is 23.2 Å². The largest absolute Gasteiger partial charge is 0.225 e. The summed E-state index contributed by atoms with van der Waals surface area (Å²) in [5.41, 5.74) is 0. The molecule has 0 saturated carbocycles. The minimum Gasteiger partial charge on any atom is -0.225 e. The van der Waals surface area contributed by atoms with E-state index in [9.17, 15) is 0 Å². The molecule has 0 aliphatic rings. The number of halogens is 2. The Bertz CT molecular complexity index is 151. The minimum atomic E-state index is 0.217. The van der Waals surface area contributed by atoms with Gasteiger partial charge in [0.15, 0.2) is 0 Å². The zero-order chi connectivity index (χ0) is 5.98. The van der Waals surface area contributed by atoms with Crippen molar-refractivity contribution in [3.8, 4) is 0 Å². The van der Waals surface area contributed by atoms with Crippen LogP contribution in [0.1, 0.15) is 0 Å².